The SMILES string of the molecule is CCCCCCC(C)(CCCCC)c1c(F)nn(C)c1I. The van der Waals surface area contributed by atoms with Crippen LogP contribution in [0.25, 0.3) is 0 Å². The summed E-state index contributed by atoms with van der Waals surface area (Å²) in [5, 5.41) is 3.99. The summed E-state index contributed by atoms with van der Waals surface area (Å²) < 4.78 is 16.9. The van der Waals surface area contributed by atoms with Crippen LogP contribution in [0.2, 0.25) is 0 Å². The molecule has 1 rings (SSSR count). The third-order valence-corrected chi connectivity index (χ3v) is 5.69. The lowest BCUT2D eigenvalue weighted by Gasteiger charge is -2.29. The zero-order valence-electron chi connectivity index (χ0n) is 14.0. The average Bonchev–Trinajstić information content (AvgIpc) is 2.69. The number of unbranched alkanes of at least 4 members (excludes halogenated alkanes) is 5. The fourth-order valence-corrected chi connectivity index (χ4v) is 4.03. The van der Waals surface area contributed by atoms with Gasteiger partial charge in [0.15, 0.2) is 0 Å². The van der Waals surface area contributed by atoms with E-state index in [1.807, 2.05) is 7.05 Å². The highest BCUT2D eigenvalue weighted by atomic mass is 127. The molecule has 0 saturated heterocycles. The number of rotatable bonds is 10. The Morgan fingerprint density at radius 3 is 2.05 bits per heavy atom. The lowest BCUT2D eigenvalue weighted by atomic mass is 9.75. The van der Waals surface area contributed by atoms with Gasteiger partial charge in [-0.25, -0.2) is 0 Å². The summed E-state index contributed by atoms with van der Waals surface area (Å²) in [5.74, 6) is -0.267. The first-order valence-corrected chi connectivity index (χ1v) is 9.42. The van der Waals surface area contributed by atoms with Crippen molar-refractivity contribution in [3.05, 3.63) is 15.2 Å². The topological polar surface area (TPSA) is 17.8 Å². The Bertz CT molecular complexity index is 431. The zero-order chi connectivity index (χ0) is 15.9. The minimum Gasteiger partial charge on any atom is -0.259 e. The molecule has 0 bridgehead atoms. The first-order valence-electron chi connectivity index (χ1n) is 8.34. The van der Waals surface area contributed by atoms with Crippen molar-refractivity contribution in [2.75, 3.05) is 0 Å². The monoisotopic (exact) mass is 408 g/mol. The molecule has 0 amide bonds. The minimum absolute atomic E-state index is 0.0716. The lowest BCUT2D eigenvalue weighted by molar-refractivity contribution is 0.350. The highest BCUT2D eigenvalue weighted by Crippen LogP contribution is 2.39. The number of aryl methyl sites for hydroxylation is 1. The third kappa shape index (κ3) is 5.22. The predicted molar refractivity (Wildman–Crippen MR) is 96.1 cm³/mol. The van der Waals surface area contributed by atoms with Crippen molar-refractivity contribution in [3.8, 4) is 0 Å². The third-order valence-electron chi connectivity index (χ3n) is 4.45. The van der Waals surface area contributed by atoms with E-state index in [0.717, 1.165) is 22.1 Å². The Labute approximate surface area is 143 Å². The van der Waals surface area contributed by atoms with Gasteiger partial charge in [-0.3, -0.25) is 4.68 Å². The van der Waals surface area contributed by atoms with Crippen LogP contribution in [0.15, 0.2) is 0 Å². The molecule has 1 atom stereocenters. The number of nitrogens with zero attached hydrogens (tertiary/aromatic N) is 2. The van der Waals surface area contributed by atoms with Crippen molar-refractivity contribution >= 4 is 22.6 Å². The van der Waals surface area contributed by atoms with E-state index in [-0.39, 0.29) is 11.4 Å². The average molecular weight is 408 g/mol. The van der Waals surface area contributed by atoms with Crippen molar-refractivity contribution in [1.82, 2.24) is 9.78 Å². The van der Waals surface area contributed by atoms with Crippen molar-refractivity contribution in [3.63, 3.8) is 0 Å². The molecule has 1 aromatic rings. The molecule has 0 aromatic carbocycles. The maximum Gasteiger partial charge on any atom is 0.237 e. The first-order chi connectivity index (χ1) is 9.96. The fourth-order valence-electron chi connectivity index (χ4n) is 3.05. The second kappa shape index (κ2) is 9.11. The Kier molecular flexibility index (Phi) is 8.21. The van der Waals surface area contributed by atoms with Gasteiger partial charge in [-0.1, -0.05) is 65.7 Å². The smallest absolute Gasteiger partial charge is 0.237 e. The zero-order valence-corrected chi connectivity index (χ0v) is 16.2. The Morgan fingerprint density at radius 2 is 1.57 bits per heavy atom. The van der Waals surface area contributed by atoms with Crippen molar-refractivity contribution in [2.45, 2.75) is 84.0 Å². The number of hydrogen-bond donors (Lipinski definition) is 0. The predicted octanol–water partition coefficient (Wildman–Crippen LogP) is 5.97. The number of halogens is 2. The second-order valence-corrected chi connectivity index (χ2v) is 7.43. The molecule has 0 aliphatic rings. The molecule has 122 valence electrons. The van der Waals surface area contributed by atoms with Crippen LogP contribution in [0.4, 0.5) is 4.39 Å². The van der Waals surface area contributed by atoms with E-state index in [4.69, 9.17) is 0 Å². The van der Waals surface area contributed by atoms with Gasteiger partial charge in [0.2, 0.25) is 5.95 Å². The highest BCUT2D eigenvalue weighted by molar-refractivity contribution is 14.1. The van der Waals surface area contributed by atoms with E-state index in [2.05, 4.69) is 48.5 Å². The van der Waals surface area contributed by atoms with E-state index >= 15 is 0 Å². The summed E-state index contributed by atoms with van der Waals surface area (Å²) >= 11 is 2.24. The molecular formula is C17H30FIN2. The highest BCUT2D eigenvalue weighted by Gasteiger charge is 2.33. The Balaban J connectivity index is 2.88. The van der Waals surface area contributed by atoms with Gasteiger partial charge in [0, 0.05) is 12.6 Å². The van der Waals surface area contributed by atoms with Gasteiger partial charge in [0.05, 0.1) is 0 Å². The molecular weight excluding hydrogens is 378 g/mol. The molecule has 0 saturated carbocycles. The Morgan fingerprint density at radius 1 is 1.05 bits per heavy atom. The standard InChI is InChI=1S/C17H30FIN2/c1-5-7-9-11-13-17(3,12-10-8-6-2)14-15(18)20-21(4)16(14)19/h5-13H2,1-4H3. The van der Waals surface area contributed by atoms with Gasteiger partial charge in [0.25, 0.3) is 0 Å². The van der Waals surface area contributed by atoms with Crippen LogP contribution >= 0.6 is 22.6 Å². The molecule has 0 N–H and O–H groups in total. The normalized spacial score (nSPS) is 14.4. The van der Waals surface area contributed by atoms with Gasteiger partial charge in [-0.15, -0.1) is 5.10 Å². The molecule has 1 aromatic heterocycles. The van der Waals surface area contributed by atoms with Crippen LogP contribution in [0.3, 0.4) is 0 Å². The van der Waals surface area contributed by atoms with Gasteiger partial charge < -0.3 is 0 Å². The molecule has 1 unspecified atom stereocenters. The molecule has 0 aliphatic heterocycles. The Hall–Kier alpha value is -0.130. The fraction of sp³-hybridized carbons (Fsp3) is 0.824. The summed E-state index contributed by atoms with van der Waals surface area (Å²) in [5.41, 5.74) is 0.774. The number of hydrogen-bond acceptors (Lipinski definition) is 1. The van der Waals surface area contributed by atoms with E-state index in [1.54, 1.807) is 4.68 Å². The van der Waals surface area contributed by atoms with E-state index in [9.17, 15) is 4.39 Å². The van der Waals surface area contributed by atoms with Crippen LogP contribution in [0.1, 0.15) is 84.1 Å². The molecule has 0 fully saturated rings. The summed E-state index contributed by atoms with van der Waals surface area (Å²) in [6, 6.07) is 0. The maximum absolute atomic E-state index is 14.3. The van der Waals surface area contributed by atoms with Crippen LogP contribution in [-0.4, -0.2) is 9.78 Å². The summed E-state index contributed by atoms with van der Waals surface area (Å²) in [6.07, 6.45) is 10.7. The van der Waals surface area contributed by atoms with E-state index in [1.165, 1.54) is 44.9 Å². The van der Waals surface area contributed by atoms with Crippen molar-refractivity contribution in [2.24, 2.45) is 7.05 Å². The molecule has 0 aliphatic carbocycles. The summed E-state index contributed by atoms with van der Waals surface area (Å²) in [6.45, 7) is 6.67. The van der Waals surface area contributed by atoms with E-state index < -0.39 is 0 Å². The quantitative estimate of drug-likeness (QED) is 0.344. The largest absolute Gasteiger partial charge is 0.259 e. The van der Waals surface area contributed by atoms with Crippen LogP contribution in [0.5, 0.6) is 0 Å². The van der Waals surface area contributed by atoms with Crippen LogP contribution < -0.4 is 0 Å². The van der Waals surface area contributed by atoms with Crippen LogP contribution in [-0.2, 0) is 12.5 Å². The van der Waals surface area contributed by atoms with Gasteiger partial charge in [0.1, 0.15) is 3.70 Å². The maximum atomic E-state index is 14.3. The molecule has 0 radical (unpaired) electrons. The number of aromatic nitrogens is 2. The second-order valence-electron chi connectivity index (χ2n) is 6.41. The van der Waals surface area contributed by atoms with Gasteiger partial charge in [-0.2, -0.15) is 4.39 Å². The first kappa shape index (κ1) is 18.9. The van der Waals surface area contributed by atoms with E-state index in [0.29, 0.717) is 0 Å². The summed E-state index contributed by atoms with van der Waals surface area (Å²) in [4.78, 5) is 0. The molecule has 1 heterocycles. The molecule has 2 nitrogen and oxygen atoms in total. The minimum atomic E-state index is -0.267. The summed E-state index contributed by atoms with van der Waals surface area (Å²) in [7, 11) is 1.83. The van der Waals surface area contributed by atoms with Crippen molar-refractivity contribution < 1.29 is 4.39 Å². The van der Waals surface area contributed by atoms with Gasteiger partial charge >= 0.3 is 0 Å². The molecule has 21 heavy (non-hydrogen) atoms. The lowest BCUT2D eigenvalue weighted by Crippen LogP contribution is -2.24. The van der Waals surface area contributed by atoms with Crippen LogP contribution in [0, 0.1) is 9.65 Å². The van der Waals surface area contributed by atoms with Gasteiger partial charge in [-0.05, 0) is 40.8 Å². The molecule has 0 spiro atoms. The van der Waals surface area contributed by atoms with Crippen molar-refractivity contribution in [1.29, 1.82) is 0 Å². The molecule has 4 heteroatoms.